The minimum Gasteiger partial charge on any atom is -0.369 e. The number of benzene rings is 1. The van der Waals surface area contributed by atoms with Crippen LogP contribution in [0.4, 0.5) is 11.8 Å². The maximum atomic E-state index is 5.83. The third kappa shape index (κ3) is 3.98. The molecule has 0 aliphatic carbocycles. The zero-order valence-electron chi connectivity index (χ0n) is 14.0. The van der Waals surface area contributed by atoms with Gasteiger partial charge >= 0.3 is 0 Å². The number of aromatic nitrogens is 3. The second-order valence-electron chi connectivity index (χ2n) is 5.88. The smallest absolute Gasteiger partial charge is 0.222 e. The molecular weight excluding hydrogens is 298 g/mol. The Morgan fingerprint density at radius 2 is 2.00 bits per heavy atom. The molecule has 2 aromatic heterocycles. The van der Waals surface area contributed by atoms with Crippen LogP contribution < -0.4 is 11.1 Å². The van der Waals surface area contributed by atoms with Gasteiger partial charge in [0.1, 0.15) is 5.82 Å². The molecule has 0 saturated carbocycles. The fourth-order valence-corrected chi connectivity index (χ4v) is 2.69. The normalized spacial score (nSPS) is 10.9. The van der Waals surface area contributed by atoms with E-state index < -0.39 is 0 Å². The average Bonchev–Trinajstić information content (AvgIpc) is 2.61. The number of hydrogen-bond acceptors (Lipinski definition) is 5. The number of nitrogen functional groups attached to an aromatic ring is 1. The van der Waals surface area contributed by atoms with Gasteiger partial charge in [-0.05, 0) is 49.1 Å². The molecule has 1 aromatic carbocycles. The molecular formula is C19H23N5. The maximum Gasteiger partial charge on any atom is 0.222 e. The maximum absolute atomic E-state index is 5.83. The molecule has 0 saturated heterocycles. The summed E-state index contributed by atoms with van der Waals surface area (Å²) >= 11 is 0. The van der Waals surface area contributed by atoms with Gasteiger partial charge in [-0.2, -0.15) is 4.98 Å². The first-order chi connectivity index (χ1) is 11.8. The fourth-order valence-electron chi connectivity index (χ4n) is 2.69. The molecule has 0 fully saturated rings. The first-order valence-corrected chi connectivity index (χ1v) is 8.46. The monoisotopic (exact) mass is 321 g/mol. The molecule has 0 aliphatic rings. The molecule has 0 unspecified atom stereocenters. The lowest BCUT2D eigenvalue weighted by atomic mass is 10.1. The molecule has 3 rings (SSSR count). The van der Waals surface area contributed by atoms with E-state index in [0.29, 0.717) is 5.95 Å². The highest BCUT2D eigenvalue weighted by Crippen LogP contribution is 2.23. The minimum atomic E-state index is 0.308. The van der Waals surface area contributed by atoms with Gasteiger partial charge in [-0.3, -0.25) is 4.98 Å². The molecule has 0 atom stereocenters. The van der Waals surface area contributed by atoms with Gasteiger partial charge in [-0.1, -0.05) is 25.5 Å². The molecule has 5 nitrogen and oxygen atoms in total. The van der Waals surface area contributed by atoms with Crippen molar-refractivity contribution < 1.29 is 0 Å². The molecule has 3 aromatic rings. The Bertz CT molecular complexity index is 801. The van der Waals surface area contributed by atoms with Crippen molar-refractivity contribution >= 4 is 22.7 Å². The van der Waals surface area contributed by atoms with Gasteiger partial charge < -0.3 is 11.1 Å². The van der Waals surface area contributed by atoms with Gasteiger partial charge in [-0.15, -0.1) is 0 Å². The Labute approximate surface area is 142 Å². The van der Waals surface area contributed by atoms with Gasteiger partial charge in [0.05, 0.1) is 5.52 Å². The summed E-state index contributed by atoms with van der Waals surface area (Å²) in [6.07, 6.45) is 5.93. The van der Waals surface area contributed by atoms with Gasteiger partial charge in [-0.25, -0.2) is 4.98 Å². The van der Waals surface area contributed by atoms with E-state index in [0.717, 1.165) is 54.6 Å². The third-order valence-electron chi connectivity index (χ3n) is 4.00. The van der Waals surface area contributed by atoms with Crippen LogP contribution in [0.1, 0.15) is 31.0 Å². The number of rotatable bonds is 7. The first-order valence-electron chi connectivity index (χ1n) is 8.46. The zero-order chi connectivity index (χ0) is 16.8. The number of unbranched alkanes of at least 4 members (excludes halogenated alkanes) is 1. The van der Waals surface area contributed by atoms with Crippen LogP contribution in [0, 0.1) is 0 Å². The zero-order valence-corrected chi connectivity index (χ0v) is 14.0. The van der Waals surface area contributed by atoms with Crippen molar-refractivity contribution in [1.82, 2.24) is 15.0 Å². The molecule has 0 aliphatic heterocycles. The lowest BCUT2D eigenvalue weighted by Gasteiger charge is -2.10. The Balaban J connectivity index is 1.82. The SMILES string of the molecule is CCCCNc1nc(N)nc2ccc(CCc3ccccn3)cc12. The van der Waals surface area contributed by atoms with E-state index in [2.05, 4.69) is 45.4 Å². The molecule has 2 heterocycles. The second kappa shape index (κ2) is 7.73. The lowest BCUT2D eigenvalue weighted by molar-refractivity contribution is 0.832. The van der Waals surface area contributed by atoms with E-state index in [1.165, 1.54) is 5.56 Å². The van der Waals surface area contributed by atoms with Crippen LogP contribution in [0.5, 0.6) is 0 Å². The van der Waals surface area contributed by atoms with Crippen molar-refractivity contribution in [3.05, 3.63) is 53.9 Å². The largest absolute Gasteiger partial charge is 0.369 e. The van der Waals surface area contributed by atoms with E-state index in [-0.39, 0.29) is 0 Å². The Hall–Kier alpha value is -2.69. The molecule has 24 heavy (non-hydrogen) atoms. The number of fused-ring (bicyclic) bond motifs is 1. The molecule has 0 spiro atoms. The highest BCUT2D eigenvalue weighted by atomic mass is 15.1. The van der Waals surface area contributed by atoms with Crippen LogP contribution >= 0.6 is 0 Å². The van der Waals surface area contributed by atoms with Gasteiger partial charge in [0.2, 0.25) is 5.95 Å². The highest BCUT2D eigenvalue weighted by Gasteiger charge is 2.07. The highest BCUT2D eigenvalue weighted by molar-refractivity contribution is 5.90. The van der Waals surface area contributed by atoms with Crippen LogP contribution in [0.25, 0.3) is 10.9 Å². The third-order valence-corrected chi connectivity index (χ3v) is 4.00. The number of nitrogens with two attached hydrogens (primary N) is 1. The van der Waals surface area contributed by atoms with Crippen molar-refractivity contribution in [2.24, 2.45) is 0 Å². The number of hydrogen-bond donors (Lipinski definition) is 2. The lowest BCUT2D eigenvalue weighted by Crippen LogP contribution is -2.07. The average molecular weight is 321 g/mol. The Morgan fingerprint density at radius 3 is 2.79 bits per heavy atom. The summed E-state index contributed by atoms with van der Waals surface area (Å²) in [7, 11) is 0. The van der Waals surface area contributed by atoms with Crippen LogP contribution in [-0.4, -0.2) is 21.5 Å². The predicted molar refractivity (Wildman–Crippen MR) is 99.0 cm³/mol. The molecule has 3 N–H and O–H groups in total. The number of nitrogens with one attached hydrogen (secondary N) is 1. The standard InChI is InChI=1S/C19H23N5/c1-2-3-11-22-18-16-13-14(7-9-15-6-4-5-12-21-15)8-10-17(16)23-19(20)24-18/h4-6,8,10,12-13H,2-3,7,9,11H2,1H3,(H3,20,22,23,24). The molecule has 0 bridgehead atoms. The Morgan fingerprint density at radius 1 is 1.08 bits per heavy atom. The summed E-state index contributed by atoms with van der Waals surface area (Å²) in [5, 5.41) is 4.41. The van der Waals surface area contributed by atoms with E-state index in [1.54, 1.807) is 0 Å². The van der Waals surface area contributed by atoms with Crippen molar-refractivity contribution in [3.63, 3.8) is 0 Å². The van der Waals surface area contributed by atoms with Crippen LogP contribution in [0.15, 0.2) is 42.6 Å². The molecule has 0 radical (unpaired) electrons. The summed E-state index contributed by atoms with van der Waals surface area (Å²) < 4.78 is 0. The number of anilines is 2. The van der Waals surface area contributed by atoms with E-state index >= 15 is 0 Å². The molecule has 124 valence electrons. The predicted octanol–water partition coefficient (Wildman–Crippen LogP) is 3.60. The van der Waals surface area contributed by atoms with Gasteiger partial charge in [0.15, 0.2) is 0 Å². The summed E-state index contributed by atoms with van der Waals surface area (Å²) in [4.78, 5) is 13.1. The van der Waals surface area contributed by atoms with Gasteiger partial charge in [0.25, 0.3) is 0 Å². The van der Waals surface area contributed by atoms with E-state index in [1.807, 2.05) is 24.4 Å². The second-order valence-corrected chi connectivity index (χ2v) is 5.88. The van der Waals surface area contributed by atoms with Crippen molar-refractivity contribution in [2.45, 2.75) is 32.6 Å². The quantitative estimate of drug-likeness (QED) is 0.650. The minimum absolute atomic E-state index is 0.308. The summed E-state index contributed by atoms with van der Waals surface area (Å²) in [6, 6.07) is 12.3. The molecule has 0 amide bonds. The topological polar surface area (TPSA) is 76.7 Å². The van der Waals surface area contributed by atoms with Crippen LogP contribution in [0.3, 0.4) is 0 Å². The van der Waals surface area contributed by atoms with Gasteiger partial charge in [0, 0.05) is 23.8 Å². The van der Waals surface area contributed by atoms with Crippen molar-refractivity contribution in [1.29, 1.82) is 0 Å². The van der Waals surface area contributed by atoms with Crippen LogP contribution in [-0.2, 0) is 12.8 Å². The summed E-state index contributed by atoms with van der Waals surface area (Å²) in [6.45, 7) is 3.06. The van der Waals surface area contributed by atoms with Crippen molar-refractivity contribution in [3.8, 4) is 0 Å². The van der Waals surface area contributed by atoms with E-state index in [4.69, 9.17) is 5.73 Å². The summed E-state index contributed by atoms with van der Waals surface area (Å²) in [5.74, 6) is 1.13. The number of nitrogens with zero attached hydrogens (tertiary/aromatic N) is 3. The van der Waals surface area contributed by atoms with Crippen LogP contribution in [0.2, 0.25) is 0 Å². The molecule has 5 heteroatoms. The number of pyridine rings is 1. The number of aryl methyl sites for hydroxylation is 2. The fraction of sp³-hybridized carbons (Fsp3) is 0.316. The summed E-state index contributed by atoms with van der Waals surface area (Å²) in [5.41, 5.74) is 9.06. The first kappa shape index (κ1) is 16.2. The van der Waals surface area contributed by atoms with Crippen molar-refractivity contribution in [2.75, 3.05) is 17.6 Å². The van der Waals surface area contributed by atoms with E-state index in [9.17, 15) is 0 Å². The Kier molecular flexibility index (Phi) is 5.21.